The van der Waals surface area contributed by atoms with Crippen molar-refractivity contribution >= 4 is 34.9 Å². The summed E-state index contributed by atoms with van der Waals surface area (Å²) < 4.78 is 5.22. The van der Waals surface area contributed by atoms with E-state index >= 15 is 0 Å². The summed E-state index contributed by atoms with van der Waals surface area (Å²) in [5.41, 5.74) is 9.95. The third kappa shape index (κ3) is 4.51. The normalized spacial score (nSPS) is 11.7. The average molecular weight is 361 g/mol. The van der Waals surface area contributed by atoms with E-state index in [-0.39, 0.29) is 11.3 Å². The fourth-order valence-electron chi connectivity index (χ4n) is 2.55. The lowest BCUT2D eigenvalue weighted by Gasteiger charge is -2.17. The Morgan fingerprint density at radius 3 is 2.28 bits per heavy atom. The molecule has 2 aromatic rings. The molecule has 0 saturated heterocycles. The van der Waals surface area contributed by atoms with Crippen molar-refractivity contribution in [3.05, 3.63) is 57.6 Å². The first kappa shape index (κ1) is 18.8. The van der Waals surface area contributed by atoms with Gasteiger partial charge in [0.15, 0.2) is 6.10 Å². The number of anilines is 2. The maximum atomic E-state index is 12.4. The van der Waals surface area contributed by atoms with Gasteiger partial charge < -0.3 is 15.8 Å². The number of nitrogen functional groups attached to an aromatic ring is 1. The minimum Gasteiger partial charge on any atom is -0.449 e. The van der Waals surface area contributed by atoms with E-state index in [1.807, 2.05) is 32.9 Å². The van der Waals surface area contributed by atoms with E-state index in [1.54, 1.807) is 0 Å². The van der Waals surface area contributed by atoms with Crippen LogP contribution in [0.15, 0.2) is 30.3 Å². The van der Waals surface area contributed by atoms with Gasteiger partial charge in [-0.15, -0.1) is 0 Å². The van der Waals surface area contributed by atoms with Crippen LogP contribution in [-0.2, 0) is 9.53 Å². The van der Waals surface area contributed by atoms with Crippen molar-refractivity contribution in [1.82, 2.24) is 0 Å². The van der Waals surface area contributed by atoms with Crippen LogP contribution in [-0.4, -0.2) is 18.0 Å². The van der Waals surface area contributed by atoms with E-state index in [0.717, 1.165) is 22.4 Å². The van der Waals surface area contributed by atoms with E-state index in [2.05, 4.69) is 5.32 Å². The lowest BCUT2D eigenvalue weighted by molar-refractivity contribution is -0.123. The molecule has 0 radical (unpaired) electrons. The molecule has 1 amide bonds. The lowest BCUT2D eigenvalue weighted by Crippen LogP contribution is -2.30. The lowest BCUT2D eigenvalue weighted by atomic mass is 10.0. The minimum absolute atomic E-state index is 0.240. The summed E-state index contributed by atoms with van der Waals surface area (Å²) in [7, 11) is 0. The summed E-state index contributed by atoms with van der Waals surface area (Å²) in [6.07, 6.45) is -0.954. The molecule has 0 aliphatic rings. The van der Waals surface area contributed by atoms with Gasteiger partial charge in [0.1, 0.15) is 0 Å². The minimum atomic E-state index is -0.954. The number of carbonyl (C=O) groups is 2. The Morgan fingerprint density at radius 2 is 1.72 bits per heavy atom. The van der Waals surface area contributed by atoms with E-state index in [0.29, 0.717) is 5.02 Å². The second-order valence-corrected chi connectivity index (χ2v) is 6.45. The highest BCUT2D eigenvalue weighted by Gasteiger charge is 2.20. The molecule has 0 bridgehead atoms. The van der Waals surface area contributed by atoms with Crippen LogP contribution in [0.4, 0.5) is 11.4 Å². The third-order valence-corrected chi connectivity index (χ3v) is 4.15. The third-order valence-electron chi connectivity index (χ3n) is 3.81. The maximum Gasteiger partial charge on any atom is 0.338 e. The molecule has 6 heteroatoms. The Labute approximate surface area is 152 Å². The van der Waals surface area contributed by atoms with E-state index in [9.17, 15) is 9.59 Å². The Morgan fingerprint density at radius 1 is 1.12 bits per heavy atom. The summed E-state index contributed by atoms with van der Waals surface area (Å²) in [5.74, 6) is -1.03. The number of halogens is 1. The van der Waals surface area contributed by atoms with Crippen molar-refractivity contribution in [1.29, 1.82) is 0 Å². The molecule has 1 atom stereocenters. The highest BCUT2D eigenvalue weighted by Crippen LogP contribution is 2.23. The number of ether oxygens (including phenoxy) is 1. The first-order valence-corrected chi connectivity index (χ1v) is 8.21. The predicted molar refractivity (Wildman–Crippen MR) is 100 cm³/mol. The van der Waals surface area contributed by atoms with Gasteiger partial charge in [0.2, 0.25) is 0 Å². The largest absolute Gasteiger partial charge is 0.449 e. The summed E-state index contributed by atoms with van der Waals surface area (Å²) in [6, 6.07) is 8.40. The van der Waals surface area contributed by atoms with Crippen molar-refractivity contribution in [3.8, 4) is 0 Å². The molecule has 0 aliphatic carbocycles. The van der Waals surface area contributed by atoms with Crippen molar-refractivity contribution < 1.29 is 14.3 Å². The number of hydrogen-bond donors (Lipinski definition) is 2. The number of benzene rings is 2. The number of hydrogen-bond acceptors (Lipinski definition) is 4. The smallest absolute Gasteiger partial charge is 0.338 e. The van der Waals surface area contributed by atoms with Gasteiger partial charge in [-0.1, -0.05) is 29.3 Å². The Bertz CT molecular complexity index is 810. The molecular weight excluding hydrogens is 340 g/mol. The number of nitrogens with one attached hydrogen (secondary N) is 1. The quantitative estimate of drug-likeness (QED) is 0.637. The van der Waals surface area contributed by atoms with Crippen LogP contribution in [0.5, 0.6) is 0 Å². The van der Waals surface area contributed by atoms with Crippen molar-refractivity contribution in [3.63, 3.8) is 0 Å². The molecule has 0 saturated carbocycles. The van der Waals surface area contributed by atoms with E-state index in [4.69, 9.17) is 22.1 Å². The highest BCUT2D eigenvalue weighted by atomic mass is 35.5. The number of carbonyl (C=O) groups excluding carboxylic acids is 2. The van der Waals surface area contributed by atoms with Gasteiger partial charge in [-0.2, -0.15) is 0 Å². The first-order chi connectivity index (χ1) is 11.7. The zero-order valence-corrected chi connectivity index (χ0v) is 15.4. The molecule has 2 rings (SSSR count). The Kier molecular flexibility index (Phi) is 5.69. The molecule has 0 aliphatic heterocycles. The zero-order chi connectivity index (χ0) is 18.7. The molecule has 132 valence electrons. The van der Waals surface area contributed by atoms with E-state index in [1.165, 1.54) is 25.1 Å². The number of rotatable bonds is 4. The first-order valence-electron chi connectivity index (χ1n) is 7.83. The molecule has 0 aromatic heterocycles. The van der Waals surface area contributed by atoms with Gasteiger partial charge in [0, 0.05) is 5.69 Å². The Balaban J connectivity index is 2.07. The summed E-state index contributed by atoms with van der Waals surface area (Å²) in [5, 5.41) is 3.18. The fraction of sp³-hybridized carbons (Fsp3) is 0.263. The molecule has 2 aromatic carbocycles. The van der Waals surface area contributed by atoms with Crippen LogP contribution >= 0.6 is 11.6 Å². The molecular formula is C19H21ClN2O3. The molecule has 0 spiro atoms. The van der Waals surface area contributed by atoms with Crippen LogP contribution in [0.2, 0.25) is 5.02 Å². The summed E-state index contributed by atoms with van der Waals surface area (Å²) in [6.45, 7) is 7.35. The molecule has 0 fully saturated rings. The van der Waals surface area contributed by atoms with Crippen LogP contribution in [0.3, 0.4) is 0 Å². The van der Waals surface area contributed by atoms with Gasteiger partial charge in [-0.25, -0.2) is 4.79 Å². The molecule has 0 heterocycles. The van der Waals surface area contributed by atoms with Gasteiger partial charge in [-0.05, 0) is 57.0 Å². The van der Waals surface area contributed by atoms with Crippen molar-refractivity contribution in [2.24, 2.45) is 0 Å². The standard InChI is InChI=1S/C19H21ClN2O3/c1-10-7-11(2)17(12(3)8-10)22-18(23)13(4)25-19(24)14-5-6-15(20)16(21)9-14/h5-9,13H,21H2,1-4H3,(H,22,23)/t13-/m1/s1. The second-order valence-electron chi connectivity index (χ2n) is 6.05. The maximum absolute atomic E-state index is 12.4. The number of esters is 1. The molecule has 3 N–H and O–H groups in total. The highest BCUT2D eigenvalue weighted by molar-refractivity contribution is 6.33. The summed E-state index contributed by atoms with van der Waals surface area (Å²) in [4.78, 5) is 24.5. The summed E-state index contributed by atoms with van der Waals surface area (Å²) >= 11 is 5.83. The topological polar surface area (TPSA) is 81.4 Å². The van der Waals surface area contributed by atoms with E-state index < -0.39 is 18.0 Å². The van der Waals surface area contributed by atoms with Crippen molar-refractivity contribution in [2.45, 2.75) is 33.8 Å². The van der Waals surface area contributed by atoms with Crippen LogP contribution < -0.4 is 11.1 Å². The van der Waals surface area contributed by atoms with Gasteiger partial charge in [-0.3, -0.25) is 4.79 Å². The molecule has 25 heavy (non-hydrogen) atoms. The predicted octanol–water partition coefficient (Wildman–Crippen LogP) is 4.03. The molecule has 0 unspecified atom stereocenters. The second kappa shape index (κ2) is 7.57. The molecule has 5 nitrogen and oxygen atoms in total. The number of amides is 1. The SMILES string of the molecule is Cc1cc(C)c(NC(=O)[C@@H](C)OC(=O)c2ccc(Cl)c(N)c2)c(C)c1. The zero-order valence-electron chi connectivity index (χ0n) is 14.6. The van der Waals surface area contributed by atoms with Gasteiger partial charge in [0.25, 0.3) is 5.91 Å². The monoisotopic (exact) mass is 360 g/mol. The van der Waals surface area contributed by atoms with Gasteiger partial charge in [0.05, 0.1) is 16.3 Å². The van der Waals surface area contributed by atoms with Crippen LogP contribution in [0.25, 0.3) is 0 Å². The van der Waals surface area contributed by atoms with Gasteiger partial charge >= 0.3 is 5.97 Å². The number of aryl methyl sites for hydroxylation is 3. The average Bonchev–Trinajstić information content (AvgIpc) is 2.53. The van der Waals surface area contributed by atoms with Crippen LogP contribution in [0.1, 0.15) is 34.0 Å². The van der Waals surface area contributed by atoms with Crippen LogP contribution in [0, 0.1) is 20.8 Å². The fourth-order valence-corrected chi connectivity index (χ4v) is 2.67. The Hall–Kier alpha value is -2.53. The number of nitrogens with two attached hydrogens (primary N) is 1. The van der Waals surface area contributed by atoms with Crippen molar-refractivity contribution in [2.75, 3.05) is 11.1 Å².